The molecule has 0 unspecified atom stereocenters. The molecule has 2 aliphatic heterocycles. The summed E-state index contributed by atoms with van der Waals surface area (Å²) in [6.07, 6.45) is -0.235. The Balaban J connectivity index is 0.000000212. The molecule has 15 heteroatoms. The normalized spacial score (nSPS) is 14.6. The molecule has 2 atom stereocenters. The number of carboxylic acid groups (broad SMARTS) is 2. The van der Waals surface area contributed by atoms with Crippen molar-refractivity contribution in [3.05, 3.63) is 82.9 Å². The van der Waals surface area contributed by atoms with E-state index in [2.05, 4.69) is 23.3 Å². The number of esters is 1. The first-order valence-corrected chi connectivity index (χ1v) is 14.1. The van der Waals surface area contributed by atoms with Crippen molar-refractivity contribution in [1.29, 1.82) is 0 Å². The lowest BCUT2D eigenvalue weighted by molar-refractivity contribution is -0.139. The second kappa shape index (κ2) is 13.6. The zero-order valence-corrected chi connectivity index (χ0v) is 24.3. The monoisotopic (exact) mass is 639 g/mol. The van der Waals surface area contributed by atoms with E-state index in [1.807, 2.05) is 12.1 Å². The largest absolute Gasteiger partial charge is 0.508 e. The van der Waals surface area contributed by atoms with Crippen LogP contribution in [0.2, 0.25) is 0 Å². The first-order valence-electron chi connectivity index (χ1n) is 13.4. The van der Waals surface area contributed by atoms with Crippen molar-refractivity contribution in [2.75, 3.05) is 12.3 Å². The molecule has 2 heterocycles. The van der Waals surface area contributed by atoms with Crippen molar-refractivity contribution in [3.8, 4) is 23.0 Å². The first kappa shape index (κ1) is 32.6. The van der Waals surface area contributed by atoms with Crippen LogP contribution >= 0.6 is 12.6 Å². The Kier molecular flexibility index (Phi) is 9.84. The lowest BCUT2D eigenvalue weighted by Crippen LogP contribution is -2.49. The van der Waals surface area contributed by atoms with Gasteiger partial charge in [0.2, 0.25) is 11.8 Å². The fraction of sp³-hybridized carbons (Fsp3) is 0.233. The van der Waals surface area contributed by atoms with Crippen LogP contribution in [-0.2, 0) is 29.5 Å². The fourth-order valence-electron chi connectivity index (χ4n) is 4.81. The van der Waals surface area contributed by atoms with E-state index in [-0.39, 0.29) is 30.1 Å². The molecule has 0 aromatic heterocycles. The number of aliphatic carboxylic acids is 2. The van der Waals surface area contributed by atoms with Crippen LogP contribution in [-0.4, -0.2) is 74.5 Å². The number of phenolic OH excluding ortho intramolecular Hbond substituents is 2. The number of ether oxygens (including phenoxy) is 2. The fourth-order valence-corrected chi connectivity index (χ4v) is 5.07. The van der Waals surface area contributed by atoms with Crippen LogP contribution in [0, 0.1) is 0 Å². The molecule has 0 saturated carbocycles. The Bertz CT molecular complexity index is 1610. The maximum Gasteiger partial charge on any atom is 0.340 e. The van der Waals surface area contributed by atoms with Gasteiger partial charge >= 0.3 is 17.9 Å². The lowest BCUT2D eigenvalue weighted by Gasteiger charge is -2.36. The number of nitrogens with two attached hydrogens (primary N) is 1. The summed E-state index contributed by atoms with van der Waals surface area (Å²) in [6, 6.07) is 14.4. The number of fused-ring (bicyclic) bond motifs is 6. The summed E-state index contributed by atoms with van der Waals surface area (Å²) in [5.41, 5.74) is 6.51. The van der Waals surface area contributed by atoms with Crippen LogP contribution in [0.4, 0.5) is 0 Å². The number of carboxylic acids is 2. The average molecular weight is 640 g/mol. The number of nitrogens with one attached hydrogen (secondary N) is 2. The standard InChI is InChI=1S/C20H12O5.C10H17N3O6S/c21-11-5-7-15-17(9-11)24-18-10-12(22)6-8-16(18)20(15)14-4-2-1-3-13(14)19(23)25-20;11-5(10(18)19)1-2-7(14)13-6(4-20)9(17)12-3-8(15)16/h1-10,21-22H;5-6,20H,1-4,11H2,(H,12,17)(H,13,14)(H,15,16)(H,18,19)/t;5-,6-/m.0/s1. The number of phenols is 2. The number of carbonyl (C=O) groups is 5. The smallest absolute Gasteiger partial charge is 0.340 e. The maximum absolute atomic E-state index is 12.5. The number of thiol groups is 1. The van der Waals surface area contributed by atoms with Crippen molar-refractivity contribution in [3.63, 3.8) is 0 Å². The molecule has 14 nitrogen and oxygen atoms in total. The van der Waals surface area contributed by atoms with E-state index in [0.717, 1.165) is 0 Å². The minimum absolute atomic E-state index is 0.0256. The van der Waals surface area contributed by atoms with Gasteiger partial charge in [0.25, 0.3) is 0 Å². The van der Waals surface area contributed by atoms with Crippen molar-refractivity contribution in [2.45, 2.75) is 30.5 Å². The van der Waals surface area contributed by atoms with Crippen LogP contribution < -0.4 is 21.1 Å². The SMILES string of the molecule is N[C@@H](CCC(=O)N[C@@H](CS)C(=O)NCC(=O)O)C(=O)O.O=C1OC2(c3ccc(O)cc3Oc3cc(O)ccc32)c2ccccc21. The molecule has 0 fully saturated rings. The number of carbonyl (C=O) groups excluding carboxylic acids is 3. The Hall–Kier alpha value is -5.28. The predicted octanol–water partition coefficient (Wildman–Crippen LogP) is 1.46. The molecule has 236 valence electrons. The van der Waals surface area contributed by atoms with Gasteiger partial charge < -0.3 is 46.3 Å². The van der Waals surface area contributed by atoms with Gasteiger partial charge in [-0.05, 0) is 36.8 Å². The van der Waals surface area contributed by atoms with E-state index < -0.39 is 54.0 Å². The van der Waals surface area contributed by atoms with Gasteiger partial charge in [-0.1, -0.05) is 18.2 Å². The number of hydrogen-bond acceptors (Lipinski definition) is 11. The molecule has 2 amide bonds. The molecule has 5 rings (SSSR count). The number of amides is 2. The van der Waals surface area contributed by atoms with Crippen LogP contribution in [0.25, 0.3) is 0 Å². The quantitative estimate of drug-likeness (QED) is 0.123. The Morgan fingerprint density at radius 1 is 0.911 bits per heavy atom. The van der Waals surface area contributed by atoms with Crippen molar-refractivity contribution in [1.82, 2.24) is 10.6 Å². The summed E-state index contributed by atoms with van der Waals surface area (Å²) in [5.74, 6) is -3.30. The molecule has 0 saturated heterocycles. The zero-order valence-electron chi connectivity index (χ0n) is 23.4. The predicted molar refractivity (Wildman–Crippen MR) is 159 cm³/mol. The second-order valence-corrected chi connectivity index (χ2v) is 10.3. The van der Waals surface area contributed by atoms with Gasteiger partial charge in [0.1, 0.15) is 41.6 Å². The maximum atomic E-state index is 12.5. The van der Waals surface area contributed by atoms with Gasteiger partial charge in [-0.15, -0.1) is 0 Å². The molecular weight excluding hydrogens is 610 g/mol. The van der Waals surface area contributed by atoms with E-state index in [9.17, 15) is 34.2 Å². The zero-order chi connectivity index (χ0) is 32.9. The number of hydrogen-bond donors (Lipinski definition) is 8. The highest BCUT2D eigenvalue weighted by Crippen LogP contribution is 2.56. The Morgan fingerprint density at radius 2 is 1.51 bits per heavy atom. The number of rotatable bonds is 9. The summed E-state index contributed by atoms with van der Waals surface area (Å²) in [5, 5.41) is 41.0. The molecule has 0 radical (unpaired) electrons. The molecule has 3 aromatic carbocycles. The number of benzene rings is 3. The molecule has 2 aliphatic rings. The van der Waals surface area contributed by atoms with E-state index in [4.69, 9.17) is 25.4 Å². The van der Waals surface area contributed by atoms with Gasteiger partial charge in [-0.25, -0.2) is 4.79 Å². The van der Waals surface area contributed by atoms with E-state index in [1.54, 1.807) is 24.3 Å². The summed E-state index contributed by atoms with van der Waals surface area (Å²) in [7, 11) is 0. The van der Waals surface area contributed by atoms with Gasteiger partial charge in [-0.2, -0.15) is 12.6 Å². The Morgan fingerprint density at radius 3 is 2.07 bits per heavy atom. The summed E-state index contributed by atoms with van der Waals surface area (Å²) >= 11 is 3.87. The van der Waals surface area contributed by atoms with E-state index >= 15 is 0 Å². The van der Waals surface area contributed by atoms with Crippen LogP contribution in [0.1, 0.15) is 39.9 Å². The van der Waals surface area contributed by atoms with Gasteiger partial charge in [0, 0.05) is 41.0 Å². The molecule has 3 aromatic rings. The highest BCUT2D eigenvalue weighted by molar-refractivity contribution is 7.80. The average Bonchev–Trinajstić information content (AvgIpc) is 3.29. The molecule has 0 aliphatic carbocycles. The Labute approximate surface area is 261 Å². The molecule has 45 heavy (non-hydrogen) atoms. The lowest BCUT2D eigenvalue weighted by atomic mass is 9.77. The third-order valence-corrected chi connectivity index (χ3v) is 7.29. The topological polar surface area (TPSA) is 235 Å². The third kappa shape index (κ3) is 6.94. The summed E-state index contributed by atoms with van der Waals surface area (Å²) < 4.78 is 11.8. The van der Waals surface area contributed by atoms with Crippen LogP contribution in [0.15, 0.2) is 60.7 Å². The number of aromatic hydroxyl groups is 2. The third-order valence-electron chi connectivity index (χ3n) is 6.93. The van der Waals surface area contributed by atoms with Crippen LogP contribution in [0.5, 0.6) is 23.0 Å². The highest BCUT2D eigenvalue weighted by Gasteiger charge is 2.53. The van der Waals surface area contributed by atoms with Crippen molar-refractivity contribution >= 4 is 42.4 Å². The molecule has 0 bridgehead atoms. The molecule has 1 spiro atoms. The summed E-state index contributed by atoms with van der Waals surface area (Å²) in [4.78, 5) is 56.3. The minimum atomic E-state index is -1.22. The second-order valence-electron chi connectivity index (χ2n) is 9.98. The van der Waals surface area contributed by atoms with Crippen molar-refractivity contribution < 1.29 is 53.9 Å². The highest BCUT2D eigenvalue weighted by atomic mass is 32.1. The van der Waals surface area contributed by atoms with Gasteiger partial charge in [-0.3, -0.25) is 19.2 Å². The van der Waals surface area contributed by atoms with Crippen LogP contribution in [0.3, 0.4) is 0 Å². The minimum Gasteiger partial charge on any atom is -0.508 e. The van der Waals surface area contributed by atoms with E-state index in [0.29, 0.717) is 33.8 Å². The summed E-state index contributed by atoms with van der Waals surface area (Å²) in [6.45, 7) is -0.567. The first-order chi connectivity index (χ1) is 21.4. The molecular formula is C30H29N3O11S. The van der Waals surface area contributed by atoms with Gasteiger partial charge in [0.05, 0.1) is 5.56 Å². The molecule has 8 N–H and O–H groups in total. The van der Waals surface area contributed by atoms with Gasteiger partial charge in [0.15, 0.2) is 5.60 Å². The van der Waals surface area contributed by atoms with Crippen molar-refractivity contribution in [2.24, 2.45) is 5.73 Å². The van der Waals surface area contributed by atoms with E-state index in [1.165, 1.54) is 24.3 Å².